The topological polar surface area (TPSA) is 46.1 Å². The van der Waals surface area contributed by atoms with E-state index in [9.17, 15) is 4.79 Å². The van der Waals surface area contributed by atoms with E-state index in [1.54, 1.807) is 4.90 Å². The third kappa shape index (κ3) is 2.75. The maximum absolute atomic E-state index is 12.0. The molecule has 84 valence electrons. The predicted molar refractivity (Wildman–Crippen MR) is 61.2 cm³/mol. The van der Waals surface area contributed by atoms with E-state index in [0.29, 0.717) is 4.88 Å². The van der Waals surface area contributed by atoms with Crippen LogP contribution in [0.25, 0.3) is 0 Å². The first-order valence-electron chi connectivity index (χ1n) is 5.35. The highest BCUT2D eigenvalue weighted by molar-refractivity contribution is 7.07. The van der Waals surface area contributed by atoms with Gasteiger partial charge in [-0.2, -0.15) is 0 Å². The lowest BCUT2D eigenvalue weighted by molar-refractivity contribution is 0.0776. The summed E-state index contributed by atoms with van der Waals surface area (Å²) < 4.78 is 3.86. The van der Waals surface area contributed by atoms with Gasteiger partial charge in [-0.25, -0.2) is 0 Å². The molecular weight excluding hydrogens is 210 g/mol. The summed E-state index contributed by atoms with van der Waals surface area (Å²) in [6.07, 6.45) is 1.82. The summed E-state index contributed by atoms with van der Waals surface area (Å²) >= 11 is 1.20. The molecule has 1 heterocycles. The molecule has 1 rings (SSSR count). The lowest BCUT2D eigenvalue weighted by Gasteiger charge is -2.17. The molecule has 0 fully saturated rings. The molecule has 0 atom stereocenters. The van der Waals surface area contributed by atoms with Crippen LogP contribution in [0.5, 0.6) is 0 Å². The molecule has 0 N–H and O–H groups in total. The fourth-order valence-electron chi connectivity index (χ4n) is 1.43. The van der Waals surface area contributed by atoms with Crippen LogP contribution in [0, 0.1) is 0 Å². The van der Waals surface area contributed by atoms with E-state index in [0.717, 1.165) is 31.6 Å². The molecule has 0 spiro atoms. The van der Waals surface area contributed by atoms with Gasteiger partial charge in [0.1, 0.15) is 4.88 Å². The van der Waals surface area contributed by atoms with Crippen molar-refractivity contribution in [1.82, 2.24) is 14.5 Å². The van der Waals surface area contributed by atoms with Crippen LogP contribution in [0.15, 0.2) is 0 Å². The van der Waals surface area contributed by atoms with E-state index in [4.69, 9.17) is 0 Å². The SMILES string of the molecule is CCCc1nnsc1C(=O)N(CC)CC. The highest BCUT2D eigenvalue weighted by Gasteiger charge is 2.19. The summed E-state index contributed by atoms with van der Waals surface area (Å²) in [5.74, 6) is 0.0680. The molecule has 1 amide bonds. The van der Waals surface area contributed by atoms with Gasteiger partial charge in [0.05, 0.1) is 5.69 Å². The van der Waals surface area contributed by atoms with Crippen LogP contribution < -0.4 is 0 Å². The molecule has 0 aliphatic rings. The Morgan fingerprint density at radius 2 is 2.00 bits per heavy atom. The fraction of sp³-hybridized carbons (Fsp3) is 0.700. The van der Waals surface area contributed by atoms with Gasteiger partial charge in [-0.3, -0.25) is 4.79 Å². The van der Waals surface area contributed by atoms with Crippen molar-refractivity contribution in [2.24, 2.45) is 0 Å². The smallest absolute Gasteiger partial charge is 0.267 e. The molecule has 15 heavy (non-hydrogen) atoms. The van der Waals surface area contributed by atoms with Gasteiger partial charge in [0, 0.05) is 13.1 Å². The highest BCUT2D eigenvalue weighted by Crippen LogP contribution is 2.15. The molecule has 1 aromatic heterocycles. The van der Waals surface area contributed by atoms with E-state index in [1.165, 1.54) is 11.5 Å². The van der Waals surface area contributed by atoms with E-state index in [-0.39, 0.29) is 5.91 Å². The second-order valence-corrected chi connectivity index (χ2v) is 4.03. The maximum atomic E-state index is 12.0. The van der Waals surface area contributed by atoms with Crippen molar-refractivity contribution in [2.45, 2.75) is 33.6 Å². The number of nitrogens with zero attached hydrogens (tertiary/aromatic N) is 3. The Balaban J connectivity index is 2.84. The van der Waals surface area contributed by atoms with Gasteiger partial charge in [0.15, 0.2) is 0 Å². The number of carbonyl (C=O) groups excluding carboxylic acids is 1. The molecule has 4 nitrogen and oxygen atoms in total. The van der Waals surface area contributed by atoms with Gasteiger partial charge in [-0.05, 0) is 31.8 Å². The lowest BCUT2D eigenvalue weighted by Crippen LogP contribution is -2.30. The Morgan fingerprint density at radius 3 is 2.53 bits per heavy atom. The maximum Gasteiger partial charge on any atom is 0.267 e. The van der Waals surface area contributed by atoms with Crippen LogP contribution >= 0.6 is 11.5 Å². The van der Waals surface area contributed by atoms with Crippen LogP contribution in [0.2, 0.25) is 0 Å². The first-order chi connectivity index (χ1) is 7.24. The molecular formula is C10H17N3OS. The third-order valence-electron chi connectivity index (χ3n) is 2.29. The number of carbonyl (C=O) groups is 1. The molecule has 0 aliphatic carbocycles. The third-order valence-corrected chi connectivity index (χ3v) is 3.04. The van der Waals surface area contributed by atoms with Gasteiger partial charge < -0.3 is 4.90 Å². The van der Waals surface area contributed by atoms with Gasteiger partial charge in [0.25, 0.3) is 5.91 Å². The minimum atomic E-state index is 0.0680. The molecule has 0 saturated carbocycles. The second kappa shape index (κ2) is 5.80. The van der Waals surface area contributed by atoms with Gasteiger partial charge in [-0.1, -0.05) is 17.8 Å². The van der Waals surface area contributed by atoms with Crippen LogP contribution in [0.3, 0.4) is 0 Å². The molecule has 0 saturated heterocycles. The average molecular weight is 227 g/mol. The summed E-state index contributed by atoms with van der Waals surface area (Å²) in [6.45, 7) is 7.51. The van der Waals surface area contributed by atoms with Crippen LogP contribution in [0.4, 0.5) is 0 Å². The Morgan fingerprint density at radius 1 is 1.33 bits per heavy atom. The molecule has 0 aliphatic heterocycles. The Labute approximate surface area is 94.5 Å². The summed E-state index contributed by atoms with van der Waals surface area (Å²) in [5.41, 5.74) is 0.847. The van der Waals surface area contributed by atoms with Crippen LogP contribution in [-0.4, -0.2) is 33.5 Å². The monoisotopic (exact) mass is 227 g/mol. The van der Waals surface area contributed by atoms with E-state index in [2.05, 4.69) is 16.5 Å². The van der Waals surface area contributed by atoms with Crippen LogP contribution in [-0.2, 0) is 6.42 Å². The molecule has 0 aromatic carbocycles. The zero-order valence-corrected chi connectivity index (χ0v) is 10.3. The summed E-state index contributed by atoms with van der Waals surface area (Å²) in [6, 6.07) is 0. The van der Waals surface area contributed by atoms with E-state index in [1.807, 2.05) is 13.8 Å². The quantitative estimate of drug-likeness (QED) is 0.772. The van der Waals surface area contributed by atoms with Crippen molar-refractivity contribution in [3.8, 4) is 0 Å². The largest absolute Gasteiger partial charge is 0.338 e. The van der Waals surface area contributed by atoms with Crippen LogP contribution in [0.1, 0.15) is 42.6 Å². The van der Waals surface area contributed by atoms with E-state index < -0.39 is 0 Å². The predicted octanol–water partition coefficient (Wildman–Crippen LogP) is 1.97. The van der Waals surface area contributed by atoms with Crippen molar-refractivity contribution < 1.29 is 4.79 Å². The number of aryl methyl sites for hydroxylation is 1. The number of amides is 1. The molecule has 5 heteroatoms. The lowest BCUT2D eigenvalue weighted by atomic mass is 10.2. The number of hydrogen-bond acceptors (Lipinski definition) is 4. The summed E-state index contributed by atoms with van der Waals surface area (Å²) in [7, 11) is 0. The van der Waals surface area contributed by atoms with Gasteiger partial charge in [0.2, 0.25) is 0 Å². The summed E-state index contributed by atoms with van der Waals surface area (Å²) in [4.78, 5) is 14.5. The second-order valence-electron chi connectivity index (χ2n) is 3.28. The minimum Gasteiger partial charge on any atom is -0.338 e. The Bertz CT molecular complexity index is 320. The highest BCUT2D eigenvalue weighted by atomic mass is 32.1. The molecule has 0 radical (unpaired) electrons. The molecule has 1 aromatic rings. The minimum absolute atomic E-state index is 0.0680. The number of hydrogen-bond donors (Lipinski definition) is 0. The Hall–Kier alpha value is -0.970. The standard InChI is InChI=1S/C10H17N3OS/c1-4-7-8-9(15-12-11-8)10(14)13(5-2)6-3/h4-7H2,1-3H3. The van der Waals surface area contributed by atoms with Gasteiger partial charge >= 0.3 is 0 Å². The van der Waals surface area contributed by atoms with E-state index >= 15 is 0 Å². The van der Waals surface area contributed by atoms with Gasteiger partial charge in [-0.15, -0.1) is 5.10 Å². The number of rotatable bonds is 5. The molecule has 0 unspecified atom stereocenters. The van der Waals surface area contributed by atoms with Crippen molar-refractivity contribution in [3.63, 3.8) is 0 Å². The van der Waals surface area contributed by atoms with Crippen molar-refractivity contribution in [1.29, 1.82) is 0 Å². The zero-order valence-electron chi connectivity index (χ0n) is 9.49. The first-order valence-corrected chi connectivity index (χ1v) is 6.12. The fourth-order valence-corrected chi connectivity index (χ4v) is 2.10. The summed E-state index contributed by atoms with van der Waals surface area (Å²) in [5, 5.41) is 4.00. The Kier molecular flexibility index (Phi) is 4.68. The van der Waals surface area contributed by atoms with Crippen molar-refractivity contribution >= 4 is 17.4 Å². The molecule has 0 bridgehead atoms. The van der Waals surface area contributed by atoms with Crippen molar-refractivity contribution in [3.05, 3.63) is 10.6 Å². The van der Waals surface area contributed by atoms with Crippen molar-refractivity contribution in [2.75, 3.05) is 13.1 Å². The zero-order chi connectivity index (χ0) is 11.3. The normalized spacial score (nSPS) is 10.3. The number of aromatic nitrogens is 2. The first kappa shape index (κ1) is 12.1. The average Bonchev–Trinajstić information content (AvgIpc) is 2.68.